The van der Waals surface area contributed by atoms with Crippen molar-refractivity contribution in [2.45, 2.75) is 71.6 Å². The average Bonchev–Trinajstić information content (AvgIpc) is 2.86. The number of alkyl halides is 1. The quantitative estimate of drug-likeness (QED) is 0.638. The number of aryl methyl sites for hydroxylation is 2. The highest BCUT2D eigenvalue weighted by molar-refractivity contribution is 6.18. The smallest absolute Gasteiger partial charge is 0.0624 e. The van der Waals surface area contributed by atoms with Gasteiger partial charge in [0.2, 0.25) is 0 Å². The Bertz CT molecular complexity index is 430. The molecule has 0 amide bonds. The summed E-state index contributed by atoms with van der Waals surface area (Å²) in [6, 6.07) is 2.28. The topological polar surface area (TPSA) is 17.8 Å². The minimum absolute atomic E-state index is 0.309. The summed E-state index contributed by atoms with van der Waals surface area (Å²) in [5.74, 6) is 1.74. The molecule has 0 saturated heterocycles. The van der Waals surface area contributed by atoms with Gasteiger partial charge in [-0.2, -0.15) is 5.10 Å². The Balaban J connectivity index is 1.98. The molecule has 1 aromatic rings. The monoisotopic (exact) mass is 310 g/mol. The van der Waals surface area contributed by atoms with E-state index in [0.717, 1.165) is 24.6 Å². The van der Waals surface area contributed by atoms with Crippen LogP contribution in [0.5, 0.6) is 0 Å². The number of hydrogen-bond acceptors (Lipinski definition) is 1. The maximum absolute atomic E-state index is 6.40. The second-order valence-corrected chi connectivity index (χ2v) is 7.27. The normalized spacial score (nSPS) is 26.2. The van der Waals surface area contributed by atoms with Gasteiger partial charge in [-0.25, -0.2) is 0 Å². The van der Waals surface area contributed by atoms with Crippen molar-refractivity contribution in [2.75, 3.05) is 5.88 Å². The predicted octanol–water partition coefficient (Wildman–Crippen LogP) is 5.13. The van der Waals surface area contributed by atoms with Crippen molar-refractivity contribution in [3.8, 4) is 0 Å². The number of unbranched alkanes of at least 4 members (excludes halogenated alkanes) is 1. The van der Waals surface area contributed by atoms with Gasteiger partial charge in [-0.15, -0.1) is 11.6 Å². The highest BCUT2D eigenvalue weighted by Crippen LogP contribution is 2.43. The molecule has 1 fully saturated rings. The van der Waals surface area contributed by atoms with Gasteiger partial charge < -0.3 is 0 Å². The van der Waals surface area contributed by atoms with Gasteiger partial charge in [0.1, 0.15) is 0 Å². The molecule has 3 heteroatoms. The fourth-order valence-corrected chi connectivity index (χ4v) is 4.08. The molecule has 0 atom stereocenters. The third kappa shape index (κ3) is 4.25. The van der Waals surface area contributed by atoms with E-state index in [1.54, 1.807) is 0 Å². The van der Waals surface area contributed by atoms with Crippen LogP contribution in [0.2, 0.25) is 0 Å². The maximum Gasteiger partial charge on any atom is 0.0624 e. The van der Waals surface area contributed by atoms with Crippen LogP contribution >= 0.6 is 11.6 Å². The van der Waals surface area contributed by atoms with Crippen molar-refractivity contribution >= 4 is 11.6 Å². The number of nitrogens with zero attached hydrogens (tertiary/aromatic N) is 2. The molecule has 1 heterocycles. The number of rotatable bonds is 7. The van der Waals surface area contributed by atoms with E-state index in [1.165, 1.54) is 56.3 Å². The molecule has 2 rings (SSSR count). The first-order valence-electron chi connectivity index (χ1n) is 8.70. The van der Waals surface area contributed by atoms with Gasteiger partial charge in [0.25, 0.3) is 0 Å². The van der Waals surface area contributed by atoms with E-state index in [0.29, 0.717) is 5.41 Å². The molecule has 0 bridgehead atoms. The molecule has 1 aliphatic rings. The molecule has 2 nitrogen and oxygen atoms in total. The first-order valence-corrected chi connectivity index (χ1v) is 9.23. The molecule has 0 N–H and O–H groups in total. The Morgan fingerprint density at radius 3 is 2.57 bits per heavy atom. The Morgan fingerprint density at radius 1 is 1.33 bits per heavy atom. The van der Waals surface area contributed by atoms with Crippen LogP contribution in [0.25, 0.3) is 0 Å². The number of hydrogen-bond donors (Lipinski definition) is 0. The van der Waals surface area contributed by atoms with E-state index in [4.69, 9.17) is 11.6 Å². The SMILES string of the molecule is CCCCC1CCC(CCl)(Cc2cc(CC)nn2C)CC1. The number of aromatic nitrogens is 2. The van der Waals surface area contributed by atoms with Crippen molar-refractivity contribution in [1.82, 2.24) is 9.78 Å². The zero-order valence-corrected chi connectivity index (χ0v) is 14.8. The van der Waals surface area contributed by atoms with Crippen molar-refractivity contribution in [3.05, 3.63) is 17.5 Å². The number of halogens is 1. The minimum Gasteiger partial charge on any atom is -0.272 e. The van der Waals surface area contributed by atoms with Gasteiger partial charge in [0.15, 0.2) is 0 Å². The van der Waals surface area contributed by atoms with E-state index in [2.05, 4.69) is 36.7 Å². The van der Waals surface area contributed by atoms with Crippen LogP contribution in [-0.4, -0.2) is 15.7 Å². The largest absolute Gasteiger partial charge is 0.272 e. The van der Waals surface area contributed by atoms with E-state index in [1.807, 2.05) is 0 Å². The maximum atomic E-state index is 6.40. The lowest BCUT2D eigenvalue weighted by atomic mass is 9.68. The van der Waals surface area contributed by atoms with Crippen LogP contribution in [0, 0.1) is 11.3 Å². The van der Waals surface area contributed by atoms with Crippen molar-refractivity contribution in [2.24, 2.45) is 18.4 Å². The Labute approximate surface area is 135 Å². The summed E-state index contributed by atoms with van der Waals surface area (Å²) in [6.45, 7) is 4.46. The van der Waals surface area contributed by atoms with Crippen molar-refractivity contribution < 1.29 is 0 Å². The van der Waals surface area contributed by atoms with Gasteiger partial charge in [0, 0.05) is 18.6 Å². The van der Waals surface area contributed by atoms with Gasteiger partial charge in [0.05, 0.1) is 5.69 Å². The molecular weight excluding hydrogens is 280 g/mol. The van der Waals surface area contributed by atoms with E-state index < -0.39 is 0 Å². The van der Waals surface area contributed by atoms with Crippen LogP contribution in [-0.2, 0) is 19.9 Å². The van der Waals surface area contributed by atoms with Gasteiger partial charge in [-0.1, -0.05) is 33.1 Å². The van der Waals surface area contributed by atoms with Crippen LogP contribution in [0.1, 0.15) is 70.2 Å². The molecule has 1 aliphatic carbocycles. The first-order chi connectivity index (χ1) is 10.1. The highest BCUT2D eigenvalue weighted by Gasteiger charge is 2.35. The molecule has 0 radical (unpaired) electrons. The Hall–Kier alpha value is -0.500. The summed E-state index contributed by atoms with van der Waals surface area (Å²) in [7, 11) is 2.07. The molecular formula is C18H31ClN2. The minimum atomic E-state index is 0.309. The molecule has 0 unspecified atom stereocenters. The van der Waals surface area contributed by atoms with Crippen LogP contribution in [0.15, 0.2) is 6.07 Å². The first kappa shape index (κ1) is 16.9. The third-order valence-electron chi connectivity index (χ3n) is 5.36. The summed E-state index contributed by atoms with van der Waals surface area (Å²) in [6.07, 6.45) is 11.6. The fraction of sp³-hybridized carbons (Fsp3) is 0.833. The van der Waals surface area contributed by atoms with Crippen LogP contribution < -0.4 is 0 Å². The van der Waals surface area contributed by atoms with E-state index >= 15 is 0 Å². The Morgan fingerprint density at radius 2 is 2.05 bits per heavy atom. The Kier molecular flexibility index (Phi) is 6.16. The van der Waals surface area contributed by atoms with Gasteiger partial charge >= 0.3 is 0 Å². The second-order valence-electron chi connectivity index (χ2n) is 7.00. The average molecular weight is 311 g/mol. The van der Waals surface area contributed by atoms with Crippen LogP contribution in [0.3, 0.4) is 0 Å². The summed E-state index contributed by atoms with van der Waals surface area (Å²) in [4.78, 5) is 0. The van der Waals surface area contributed by atoms with Crippen molar-refractivity contribution in [1.29, 1.82) is 0 Å². The third-order valence-corrected chi connectivity index (χ3v) is 5.93. The lowest BCUT2D eigenvalue weighted by Crippen LogP contribution is -2.32. The summed E-state index contributed by atoms with van der Waals surface area (Å²) in [5.41, 5.74) is 2.87. The van der Waals surface area contributed by atoms with Crippen molar-refractivity contribution in [3.63, 3.8) is 0 Å². The molecule has 1 aromatic heterocycles. The van der Waals surface area contributed by atoms with Gasteiger partial charge in [-0.05, 0) is 55.9 Å². The molecule has 21 heavy (non-hydrogen) atoms. The standard InChI is InChI=1S/C18H31ClN2/c1-4-6-7-15-8-10-18(14-19,11-9-15)13-17-12-16(5-2)20-21(17)3/h12,15H,4-11,13-14H2,1-3H3. The summed E-state index contributed by atoms with van der Waals surface area (Å²) >= 11 is 6.40. The summed E-state index contributed by atoms with van der Waals surface area (Å²) in [5, 5.41) is 4.59. The molecule has 120 valence electrons. The fourth-order valence-electron chi connectivity index (χ4n) is 3.72. The van der Waals surface area contributed by atoms with Gasteiger partial charge in [-0.3, -0.25) is 4.68 Å². The zero-order valence-electron chi connectivity index (χ0n) is 14.0. The lowest BCUT2D eigenvalue weighted by molar-refractivity contribution is 0.163. The van der Waals surface area contributed by atoms with E-state index in [-0.39, 0.29) is 0 Å². The lowest BCUT2D eigenvalue weighted by Gasteiger charge is -2.39. The summed E-state index contributed by atoms with van der Waals surface area (Å²) < 4.78 is 2.07. The zero-order chi connectivity index (χ0) is 15.3. The highest BCUT2D eigenvalue weighted by atomic mass is 35.5. The molecule has 0 spiro atoms. The van der Waals surface area contributed by atoms with E-state index in [9.17, 15) is 0 Å². The molecule has 0 aliphatic heterocycles. The molecule has 0 aromatic carbocycles. The molecule has 1 saturated carbocycles. The predicted molar refractivity (Wildman–Crippen MR) is 90.9 cm³/mol. The van der Waals surface area contributed by atoms with Crippen LogP contribution in [0.4, 0.5) is 0 Å². The second kappa shape index (κ2) is 7.67.